The largest absolute Gasteiger partial charge is 0.449 e. The molecule has 0 aromatic heterocycles. The standard InChI is InChI=1S/C12H16INO2/c1-9(2)7-8-16-12(15)14-11-5-3-10(13)4-6-11/h3-6,9H,7-8H2,1-2H3,(H,14,15). The Morgan fingerprint density at radius 3 is 2.56 bits per heavy atom. The van der Waals surface area contributed by atoms with E-state index in [1.165, 1.54) is 0 Å². The molecule has 0 radical (unpaired) electrons. The molecule has 16 heavy (non-hydrogen) atoms. The zero-order valence-corrected chi connectivity index (χ0v) is 11.7. The molecule has 0 saturated heterocycles. The van der Waals surface area contributed by atoms with Crippen molar-refractivity contribution in [2.45, 2.75) is 20.3 Å². The van der Waals surface area contributed by atoms with Crippen LogP contribution in [0.2, 0.25) is 0 Å². The lowest BCUT2D eigenvalue weighted by atomic mass is 10.1. The van der Waals surface area contributed by atoms with Crippen LogP contribution in [0.3, 0.4) is 0 Å². The van der Waals surface area contributed by atoms with Crippen LogP contribution < -0.4 is 5.32 Å². The highest BCUT2D eigenvalue weighted by Gasteiger charge is 2.03. The van der Waals surface area contributed by atoms with Gasteiger partial charge in [0, 0.05) is 9.26 Å². The number of carbonyl (C=O) groups is 1. The Kier molecular flexibility index (Phi) is 5.59. The molecule has 0 heterocycles. The number of ether oxygens (including phenoxy) is 1. The Morgan fingerprint density at radius 1 is 1.38 bits per heavy atom. The Balaban J connectivity index is 2.31. The van der Waals surface area contributed by atoms with Crippen molar-refractivity contribution in [3.8, 4) is 0 Å². The molecule has 1 rings (SSSR count). The van der Waals surface area contributed by atoms with Crippen LogP contribution in [-0.4, -0.2) is 12.7 Å². The maximum Gasteiger partial charge on any atom is 0.411 e. The number of halogens is 1. The molecule has 0 atom stereocenters. The minimum Gasteiger partial charge on any atom is -0.449 e. The number of carbonyl (C=O) groups excluding carboxylic acids is 1. The second kappa shape index (κ2) is 6.73. The third-order valence-electron chi connectivity index (χ3n) is 2.02. The minimum absolute atomic E-state index is 0.387. The van der Waals surface area contributed by atoms with Gasteiger partial charge >= 0.3 is 6.09 Å². The van der Waals surface area contributed by atoms with Crippen molar-refractivity contribution in [2.24, 2.45) is 5.92 Å². The van der Waals surface area contributed by atoms with E-state index in [1.54, 1.807) is 0 Å². The molecule has 0 aliphatic heterocycles. The van der Waals surface area contributed by atoms with Crippen molar-refractivity contribution in [2.75, 3.05) is 11.9 Å². The molecular formula is C12H16INO2. The van der Waals surface area contributed by atoms with Crippen LogP contribution >= 0.6 is 22.6 Å². The summed E-state index contributed by atoms with van der Waals surface area (Å²) in [5, 5.41) is 2.68. The molecule has 0 fully saturated rings. The number of benzene rings is 1. The molecule has 4 heteroatoms. The van der Waals surface area contributed by atoms with Gasteiger partial charge < -0.3 is 4.74 Å². The molecule has 0 aliphatic carbocycles. The summed E-state index contributed by atoms with van der Waals surface area (Å²) in [6.45, 7) is 4.66. The highest BCUT2D eigenvalue weighted by molar-refractivity contribution is 14.1. The fourth-order valence-electron chi connectivity index (χ4n) is 1.07. The van der Waals surface area contributed by atoms with E-state index in [-0.39, 0.29) is 6.09 Å². The summed E-state index contributed by atoms with van der Waals surface area (Å²) in [5.41, 5.74) is 0.759. The zero-order chi connectivity index (χ0) is 12.0. The summed E-state index contributed by atoms with van der Waals surface area (Å²) in [6, 6.07) is 7.57. The first-order valence-corrected chi connectivity index (χ1v) is 6.35. The second-order valence-corrected chi connectivity index (χ2v) is 5.20. The average molecular weight is 333 g/mol. The van der Waals surface area contributed by atoms with Gasteiger partial charge in [0.1, 0.15) is 0 Å². The Hall–Kier alpha value is -0.780. The average Bonchev–Trinajstić information content (AvgIpc) is 2.21. The van der Waals surface area contributed by atoms with Gasteiger partial charge in [-0.3, -0.25) is 5.32 Å². The number of anilines is 1. The Labute approximate surface area is 110 Å². The Bertz CT molecular complexity index is 335. The SMILES string of the molecule is CC(C)CCOC(=O)Nc1ccc(I)cc1. The number of nitrogens with one attached hydrogen (secondary N) is 1. The monoisotopic (exact) mass is 333 g/mol. The van der Waals surface area contributed by atoms with Crippen LogP contribution in [0, 0.1) is 9.49 Å². The minimum atomic E-state index is -0.387. The van der Waals surface area contributed by atoms with Crippen LogP contribution in [0.5, 0.6) is 0 Å². The molecule has 1 aromatic carbocycles. The smallest absolute Gasteiger partial charge is 0.411 e. The maximum absolute atomic E-state index is 11.3. The van der Waals surface area contributed by atoms with Gasteiger partial charge in [-0.25, -0.2) is 4.79 Å². The van der Waals surface area contributed by atoms with E-state index in [4.69, 9.17) is 4.74 Å². The first-order chi connectivity index (χ1) is 7.58. The number of hydrogen-bond acceptors (Lipinski definition) is 2. The topological polar surface area (TPSA) is 38.3 Å². The van der Waals surface area contributed by atoms with E-state index >= 15 is 0 Å². The lowest BCUT2D eigenvalue weighted by Crippen LogP contribution is -2.15. The molecule has 1 N–H and O–H groups in total. The molecule has 1 aromatic rings. The number of rotatable bonds is 4. The third kappa shape index (κ3) is 5.34. The van der Waals surface area contributed by atoms with E-state index < -0.39 is 0 Å². The summed E-state index contributed by atoms with van der Waals surface area (Å²) in [5.74, 6) is 0.547. The van der Waals surface area contributed by atoms with Crippen molar-refractivity contribution >= 4 is 34.4 Å². The highest BCUT2D eigenvalue weighted by atomic mass is 127. The van der Waals surface area contributed by atoms with Crippen LogP contribution in [0.1, 0.15) is 20.3 Å². The molecular weight excluding hydrogens is 317 g/mol. The van der Waals surface area contributed by atoms with E-state index in [9.17, 15) is 4.79 Å². The molecule has 3 nitrogen and oxygen atoms in total. The summed E-state index contributed by atoms with van der Waals surface area (Å²) in [4.78, 5) is 11.3. The third-order valence-corrected chi connectivity index (χ3v) is 2.74. The summed E-state index contributed by atoms with van der Waals surface area (Å²) in [7, 11) is 0. The molecule has 0 saturated carbocycles. The van der Waals surface area contributed by atoms with Gasteiger partial charge in [0.2, 0.25) is 0 Å². The predicted octanol–water partition coefficient (Wildman–Crippen LogP) is 3.89. The van der Waals surface area contributed by atoms with Gasteiger partial charge in [-0.1, -0.05) is 13.8 Å². The van der Waals surface area contributed by atoms with Crippen molar-refractivity contribution in [3.63, 3.8) is 0 Å². The van der Waals surface area contributed by atoms with Gasteiger partial charge in [0.05, 0.1) is 6.61 Å². The first kappa shape index (κ1) is 13.3. The molecule has 0 unspecified atom stereocenters. The molecule has 1 amide bonds. The second-order valence-electron chi connectivity index (χ2n) is 3.95. The highest BCUT2D eigenvalue weighted by Crippen LogP contribution is 2.11. The lowest BCUT2D eigenvalue weighted by molar-refractivity contribution is 0.155. The quantitative estimate of drug-likeness (QED) is 0.849. The van der Waals surface area contributed by atoms with Crippen LogP contribution in [0.25, 0.3) is 0 Å². The van der Waals surface area contributed by atoms with Crippen LogP contribution in [0.4, 0.5) is 10.5 Å². The van der Waals surface area contributed by atoms with Crippen LogP contribution in [-0.2, 0) is 4.74 Å². The van der Waals surface area contributed by atoms with Gasteiger partial charge in [0.15, 0.2) is 0 Å². The molecule has 0 aliphatic rings. The van der Waals surface area contributed by atoms with E-state index in [2.05, 4.69) is 41.8 Å². The van der Waals surface area contributed by atoms with E-state index in [0.29, 0.717) is 12.5 Å². The van der Waals surface area contributed by atoms with E-state index in [1.807, 2.05) is 24.3 Å². The molecule has 88 valence electrons. The fraction of sp³-hybridized carbons (Fsp3) is 0.417. The van der Waals surface area contributed by atoms with Crippen molar-refractivity contribution in [1.82, 2.24) is 0 Å². The maximum atomic E-state index is 11.3. The normalized spacial score (nSPS) is 10.2. The Morgan fingerprint density at radius 2 is 2.00 bits per heavy atom. The van der Waals surface area contributed by atoms with Crippen molar-refractivity contribution in [3.05, 3.63) is 27.8 Å². The van der Waals surface area contributed by atoms with Crippen molar-refractivity contribution in [1.29, 1.82) is 0 Å². The fourth-order valence-corrected chi connectivity index (χ4v) is 1.43. The van der Waals surface area contributed by atoms with Crippen molar-refractivity contribution < 1.29 is 9.53 Å². The number of hydrogen-bond donors (Lipinski definition) is 1. The summed E-state index contributed by atoms with van der Waals surface area (Å²) >= 11 is 2.22. The first-order valence-electron chi connectivity index (χ1n) is 5.27. The number of amides is 1. The van der Waals surface area contributed by atoms with E-state index in [0.717, 1.165) is 15.7 Å². The van der Waals surface area contributed by atoms with Gasteiger partial charge in [-0.2, -0.15) is 0 Å². The molecule has 0 bridgehead atoms. The zero-order valence-electron chi connectivity index (χ0n) is 9.50. The summed E-state index contributed by atoms with van der Waals surface area (Å²) in [6.07, 6.45) is 0.502. The van der Waals surface area contributed by atoms with Gasteiger partial charge in [-0.15, -0.1) is 0 Å². The molecule has 0 spiro atoms. The predicted molar refractivity (Wildman–Crippen MR) is 73.6 cm³/mol. The van der Waals surface area contributed by atoms with Crippen LogP contribution in [0.15, 0.2) is 24.3 Å². The summed E-state index contributed by atoms with van der Waals surface area (Å²) < 4.78 is 6.17. The lowest BCUT2D eigenvalue weighted by Gasteiger charge is -2.08. The van der Waals surface area contributed by atoms with Gasteiger partial charge in [-0.05, 0) is 59.2 Å². The van der Waals surface area contributed by atoms with Gasteiger partial charge in [0.25, 0.3) is 0 Å².